The Labute approximate surface area is 410 Å². The largest absolute Gasteiger partial charge is 0.394 e. The first-order chi connectivity index (χ1) is 33.1. The predicted molar refractivity (Wildman–Crippen MR) is 243 cm³/mol. The van der Waals surface area contributed by atoms with E-state index in [1.165, 1.54) is 26.3 Å². The maximum Gasteiger partial charge on any atom is 0.187 e. The molecule has 31 atom stereocenters. The lowest BCUT2D eigenvalue weighted by atomic mass is 9.46. The molecule has 70 heavy (non-hydrogen) atoms. The molecular weight excluding hydrogens is 917 g/mol. The highest BCUT2D eigenvalue weighted by Gasteiger charge is 2.69. The van der Waals surface area contributed by atoms with Crippen LogP contribution < -0.4 is 0 Å². The average Bonchev–Trinajstić information content (AvgIpc) is 3.78. The molecule has 0 aromatic carbocycles. The molecule has 0 aromatic rings. The molecule has 9 fully saturated rings. The summed E-state index contributed by atoms with van der Waals surface area (Å²) in [6.45, 7) is 14.2. The molecule has 0 amide bonds. The van der Waals surface area contributed by atoms with Gasteiger partial charge in [-0.3, -0.25) is 0 Å². The highest BCUT2D eigenvalue weighted by atomic mass is 16.8. The Kier molecular flexibility index (Phi) is 14.6. The van der Waals surface area contributed by atoms with E-state index in [1.54, 1.807) is 0 Å². The third-order valence-electron chi connectivity index (χ3n) is 20.0. The van der Waals surface area contributed by atoms with Crippen LogP contribution in [0.5, 0.6) is 0 Å². The van der Waals surface area contributed by atoms with Crippen LogP contribution in [0.4, 0.5) is 0 Å². The molecule has 19 heteroatoms. The minimum Gasteiger partial charge on any atom is -0.394 e. The summed E-state index contributed by atoms with van der Waals surface area (Å²) in [6, 6.07) is 0. The lowest BCUT2D eigenvalue weighted by Crippen LogP contribution is -2.67. The lowest BCUT2D eigenvalue weighted by molar-refractivity contribution is -0.377. The third-order valence-corrected chi connectivity index (χ3v) is 20.0. The molecule has 6 saturated heterocycles. The molecule has 3 saturated carbocycles. The summed E-state index contributed by atoms with van der Waals surface area (Å²) in [5, 5.41) is 110. The fraction of sp³-hybridized carbons (Fsp3) is 0.961. The number of ether oxygens (including phenoxy) is 9. The zero-order chi connectivity index (χ0) is 50.1. The van der Waals surface area contributed by atoms with E-state index < -0.39 is 135 Å². The van der Waals surface area contributed by atoms with Crippen LogP contribution in [0.25, 0.3) is 0 Å². The van der Waals surface area contributed by atoms with Crippen molar-refractivity contribution in [1.82, 2.24) is 0 Å². The van der Waals surface area contributed by atoms with Crippen molar-refractivity contribution in [1.29, 1.82) is 0 Å². The Bertz CT molecular complexity index is 1870. The highest BCUT2D eigenvalue weighted by Crippen LogP contribution is 2.71. The van der Waals surface area contributed by atoms with Gasteiger partial charge in [-0.15, -0.1) is 0 Å². The fourth-order valence-corrected chi connectivity index (χ4v) is 15.8. The van der Waals surface area contributed by atoms with Crippen LogP contribution in [-0.4, -0.2) is 199 Å². The lowest BCUT2D eigenvalue weighted by Gasteiger charge is -2.59. The molecule has 0 bridgehead atoms. The van der Waals surface area contributed by atoms with Gasteiger partial charge in [-0.25, -0.2) is 0 Å². The van der Waals surface area contributed by atoms with Gasteiger partial charge in [0.15, 0.2) is 24.7 Å². The molecule has 10 aliphatic rings. The van der Waals surface area contributed by atoms with Crippen LogP contribution in [0.3, 0.4) is 0 Å². The summed E-state index contributed by atoms with van der Waals surface area (Å²) in [6.07, 6.45) is -17.1. The summed E-state index contributed by atoms with van der Waals surface area (Å²) < 4.78 is 56.3. The van der Waals surface area contributed by atoms with Gasteiger partial charge in [-0.2, -0.15) is 0 Å². The first-order valence-electron chi connectivity index (χ1n) is 26.4. The molecule has 6 heterocycles. The zero-order valence-electron chi connectivity index (χ0n) is 41.7. The third kappa shape index (κ3) is 8.52. The molecule has 6 aliphatic heterocycles. The Morgan fingerprint density at radius 1 is 0.614 bits per heavy atom. The van der Waals surface area contributed by atoms with Crippen LogP contribution >= 0.6 is 0 Å². The zero-order valence-corrected chi connectivity index (χ0v) is 41.7. The van der Waals surface area contributed by atoms with Crippen LogP contribution in [0.15, 0.2) is 11.6 Å². The number of rotatable bonds is 8. The molecule has 400 valence electrons. The predicted octanol–water partition coefficient (Wildman–Crippen LogP) is 0.367. The molecular formula is C51H82O19. The first kappa shape index (κ1) is 52.4. The number of fused-ring (bicyclic) bond motifs is 7. The second-order valence-corrected chi connectivity index (χ2v) is 23.9. The topological polar surface area (TPSA) is 285 Å². The summed E-state index contributed by atoms with van der Waals surface area (Å²) in [4.78, 5) is 0. The normalized spacial score (nSPS) is 59.1. The molecule has 1 spiro atoms. The standard InChI is InChI=1S/C51H82O19/c1-20-10-15-51(62-19-20)21(2)32-30(70-51)17-29-27-9-8-26-16-25(11-13-49(26,6)28(27)12-14-50(29,32)7)43-45(69-47-39(59)36(56)34(54)23(4)64-47)41(61)44(31(18-52)66-43)68-48-40(60)37(57)42(24(5)65-48)67-46-38(58)35(55)33(53)22(3)63-46/h8,20-25,27-48,52-61H,9-19H2,1-7H3/t20-,21+,22+,23+,24+,25+,27-,28+,29+,30+,31-,32+,33+,34+,35-,36-,37+,38-,39-,40-,41+,42+,43?,44-,45-,46-,47+,48+,49+,50+,51?/m1/s1. The second kappa shape index (κ2) is 19.5. The first-order valence-corrected chi connectivity index (χ1v) is 26.4. The summed E-state index contributed by atoms with van der Waals surface area (Å²) in [5.41, 5.74) is 1.42. The van der Waals surface area contributed by atoms with E-state index in [-0.39, 0.29) is 22.9 Å². The maximum absolute atomic E-state index is 12.4. The van der Waals surface area contributed by atoms with Crippen molar-refractivity contribution < 1.29 is 93.7 Å². The Morgan fingerprint density at radius 2 is 1.21 bits per heavy atom. The van der Waals surface area contributed by atoms with Gasteiger partial charge in [-0.1, -0.05) is 39.3 Å². The number of hydrogen-bond donors (Lipinski definition) is 10. The molecule has 10 N–H and O–H groups in total. The summed E-state index contributed by atoms with van der Waals surface area (Å²) in [7, 11) is 0. The van der Waals surface area contributed by atoms with Crippen LogP contribution in [0.1, 0.15) is 106 Å². The number of aliphatic hydroxyl groups excluding tert-OH is 10. The fourth-order valence-electron chi connectivity index (χ4n) is 15.8. The summed E-state index contributed by atoms with van der Waals surface area (Å²) >= 11 is 0. The number of hydrogen-bond acceptors (Lipinski definition) is 19. The van der Waals surface area contributed by atoms with Crippen molar-refractivity contribution in [3.05, 3.63) is 11.6 Å². The van der Waals surface area contributed by atoms with Gasteiger partial charge in [-0.05, 0) is 118 Å². The van der Waals surface area contributed by atoms with E-state index in [1.807, 2.05) is 0 Å². The Morgan fingerprint density at radius 3 is 1.83 bits per heavy atom. The number of aliphatic hydroxyl groups is 10. The quantitative estimate of drug-likeness (QED) is 0.147. The summed E-state index contributed by atoms with van der Waals surface area (Å²) in [5.74, 6) is 2.16. The Balaban J connectivity index is 0.863. The smallest absolute Gasteiger partial charge is 0.187 e. The van der Waals surface area contributed by atoms with Gasteiger partial charge in [0.25, 0.3) is 0 Å². The van der Waals surface area contributed by atoms with Crippen molar-refractivity contribution >= 4 is 0 Å². The monoisotopic (exact) mass is 999 g/mol. The molecule has 4 aliphatic carbocycles. The molecule has 0 aromatic heterocycles. The van der Waals surface area contributed by atoms with Crippen molar-refractivity contribution in [2.75, 3.05) is 13.2 Å². The van der Waals surface area contributed by atoms with Crippen molar-refractivity contribution in [3.8, 4) is 0 Å². The van der Waals surface area contributed by atoms with Crippen LogP contribution in [0.2, 0.25) is 0 Å². The average molecular weight is 999 g/mol. The molecule has 2 unspecified atom stereocenters. The van der Waals surface area contributed by atoms with Crippen LogP contribution in [-0.2, 0) is 42.6 Å². The maximum atomic E-state index is 12.4. The minimum absolute atomic E-state index is 0.0765. The van der Waals surface area contributed by atoms with Gasteiger partial charge < -0.3 is 93.7 Å². The van der Waals surface area contributed by atoms with E-state index in [0.717, 1.165) is 51.6 Å². The van der Waals surface area contributed by atoms with Gasteiger partial charge >= 0.3 is 0 Å². The Hall–Kier alpha value is -1.02. The van der Waals surface area contributed by atoms with E-state index in [9.17, 15) is 51.1 Å². The minimum atomic E-state index is -1.82. The SMILES string of the molecule is C[C@@H]1CCC2(OC1)O[C@H]1C[C@H]3[C@@H]4CC=C5C[C@@H](C6O[C@H](CO)[C@@H](O[C@@H]7O[C@@H](C)[C@H](O[C@H]8O[C@@H](C)[C@H](O)[C@@H](O)[C@H]8O)[C@@H](O)[C@H]7O)[C@H](O)[C@H]6O[C@@H]6O[C@@H](C)[C@H](O)[C@@H](O)[C@H]6O)CC[C@]5(C)[C@H]4CC[C@]3(C)[C@H]1[C@@H]2C. The molecule has 10 rings (SSSR count). The second-order valence-electron chi connectivity index (χ2n) is 23.9. The number of allylic oxidation sites excluding steroid dienone is 2. The van der Waals surface area contributed by atoms with Crippen molar-refractivity contribution in [3.63, 3.8) is 0 Å². The van der Waals surface area contributed by atoms with E-state index >= 15 is 0 Å². The van der Waals surface area contributed by atoms with Gasteiger partial charge in [0.05, 0.1) is 43.7 Å². The van der Waals surface area contributed by atoms with E-state index in [2.05, 4.69) is 33.8 Å². The van der Waals surface area contributed by atoms with E-state index in [4.69, 9.17) is 42.6 Å². The van der Waals surface area contributed by atoms with Gasteiger partial charge in [0.1, 0.15) is 79.4 Å². The van der Waals surface area contributed by atoms with Crippen LogP contribution in [0, 0.1) is 52.3 Å². The van der Waals surface area contributed by atoms with Gasteiger partial charge in [0.2, 0.25) is 0 Å². The van der Waals surface area contributed by atoms with E-state index in [0.29, 0.717) is 48.3 Å². The molecule has 19 nitrogen and oxygen atoms in total. The van der Waals surface area contributed by atoms with Gasteiger partial charge in [0, 0.05) is 12.3 Å². The van der Waals surface area contributed by atoms with Crippen molar-refractivity contribution in [2.24, 2.45) is 52.3 Å². The highest BCUT2D eigenvalue weighted by molar-refractivity contribution is 5.27. The van der Waals surface area contributed by atoms with Crippen molar-refractivity contribution in [2.45, 2.75) is 241 Å². The molecule has 0 radical (unpaired) electrons.